The van der Waals surface area contributed by atoms with Crippen molar-refractivity contribution in [3.05, 3.63) is 53.1 Å². The molecule has 0 aliphatic carbocycles. The molecule has 26 heavy (non-hydrogen) atoms. The summed E-state index contributed by atoms with van der Waals surface area (Å²) in [6.45, 7) is 17.2. The maximum atomic E-state index is 4.23. The van der Waals surface area contributed by atoms with E-state index in [1.165, 1.54) is 11.1 Å². The van der Waals surface area contributed by atoms with Crippen molar-refractivity contribution in [2.75, 3.05) is 0 Å². The van der Waals surface area contributed by atoms with Gasteiger partial charge in [-0.25, -0.2) is 4.98 Å². The lowest BCUT2D eigenvalue weighted by Gasteiger charge is -2.08. The van der Waals surface area contributed by atoms with Gasteiger partial charge in [-0.05, 0) is 28.9 Å². The summed E-state index contributed by atoms with van der Waals surface area (Å²) in [5.74, 6) is 2.88. The lowest BCUT2D eigenvalue weighted by Crippen LogP contribution is -2.03. The van der Waals surface area contributed by atoms with Gasteiger partial charge in [0.15, 0.2) is 5.82 Å². The minimum absolute atomic E-state index is 0. The van der Waals surface area contributed by atoms with Gasteiger partial charge < -0.3 is 0 Å². The van der Waals surface area contributed by atoms with Crippen molar-refractivity contribution in [1.82, 2.24) is 15.2 Å². The second-order valence-corrected chi connectivity index (χ2v) is 7.53. The monoisotopic (exact) mass is 359 g/mol. The fraction of sp³-hybridized carbons (Fsp3) is 0.609. The summed E-state index contributed by atoms with van der Waals surface area (Å²) in [6, 6.07) is 8.94. The summed E-state index contributed by atoms with van der Waals surface area (Å²) in [7, 11) is 0. The van der Waals surface area contributed by atoms with E-state index in [1.807, 2.05) is 6.20 Å². The average molecular weight is 360 g/mol. The van der Waals surface area contributed by atoms with Crippen LogP contribution in [0.3, 0.4) is 0 Å². The zero-order chi connectivity index (χ0) is 18.3. The number of benzene rings is 1. The van der Waals surface area contributed by atoms with Crippen LogP contribution in [0.4, 0.5) is 0 Å². The van der Waals surface area contributed by atoms with Crippen LogP contribution in [0.15, 0.2) is 30.5 Å². The highest BCUT2D eigenvalue weighted by atomic mass is 15.2. The average Bonchev–Trinajstić information content (AvgIpc) is 2.55. The molecule has 0 aliphatic heterocycles. The largest absolute Gasteiger partial charge is 0.237 e. The van der Waals surface area contributed by atoms with E-state index in [2.05, 4.69) is 94.8 Å². The van der Waals surface area contributed by atoms with Gasteiger partial charge in [-0.1, -0.05) is 94.5 Å². The van der Waals surface area contributed by atoms with Gasteiger partial charge in [0.1, 0.15) is 0 Å². The van der Waals surface area contributed by atoms with Crippen LogP contribution in [0.5, 0.6) is 0 Å². The van der Waals surface area contributed by atoms with Gasteiger partial charge in [-0.3, -0.25) is 0 Å². The first-order chi connectivity index (χ1) is 11.2. The third kappa shape index (κ3) is 8.55. The summed E-state index contributed by atoms with van der Waals surface area (Å²) in [6.07, 6.45) is 1.81. The normalized spacial score (nSPS) is 10.3. The van der Waals surface area contributed by atoms with E-state index >= 15 is 0 Å². The lowest BCUT2D eigenvalue weighted by atomic mass is 9.97. The minimum atomic E-state index is 0. The van der Waals surface area contributed by atoms with E-state index < -0.39 is 0 Å². The van der Waals surface area contributed by atoms with E-state index in [0.717, 1.165) is 11.5 Å². The molecule has 3 nitrogen and oxygen atoms in total. The van der Waals surface area contributed by atoms with Crippen molar-refractivity contribution in [2.24, 2.45) is 0 Å². The van der Waals surface area contributed by atoms with Crippen LogP contribution in [-0.2, 0) is 0 Å². The molecule has 0 N–H and O–H groups in total. The Kier molecular flexibility index (Phi) is 12.8. The summed E-state index contributed by atoms with van der Waals surface area (Å²) < 4.78 is 0. The topological polar surface area (TPSA) is 38.7 Å². The van der Waals surface area contributed by atoms with Gasteiger partial charge >= 0.3 is 0 Å². The Hall–Kier alpha value is -1.77. The second-order valence-electron chi connectivity index (χ2n) is 7.53. The molecule has 0 unspecified atom stereocenters. The van der Waals surface area contributed by atoms with Gasteiger partial charge in [0.05, 0.1) is 11.9 Å². The SMILES string of the molecule is C.C.CC(C)c1ccc(C(C)C)cc1.CC(C)c1cnc(C(C)C)nn1. The summed E-state index contributed by atoms with van der Waals surface area (Å²) in [5, 5.41) is 8.13. The molecular formula is C23H41N3. The molecule has 0 aliphatic rings. The molecule has 3 heteroatoms. The maximum Gasteiger partial charge on any atom is 0.153 e. The third-order valence-electron chi connectivity index (χ3n) is 3.97. The van der Waals surface area contributed by atoms with Gasteiger partial charge in [0.25, 0.3) is 0 Å². The smallest absolute Gasteiger partial charge is 0.153 e. The molecular weight excluding hydrogens is 318 g/mol. The number of aromatic nitrogens is 3. The Labute approximate surface area is 162 Å². The second kappa shape index (κ2) is 12.6. The van der Waals surface area contributed by atoms with Crippen molar-refractivity contribution in [2.45, 2.75) is 93.9 Å². The first-order valence-electron chi connectivity index (χ1n) is 9.01. The minimum Gasteiger partial charge on any atom is -0.237 e. The molecule has 0 atom stereocenters. The zero-order valence-electron chi connectivity index (χ0n) is 16.5. The molecule has 0 saturated heterocycles. The van der Waals surface area contributed by atoms with Crippen molar-refractivity contribution in [3.63, 3.8) is 0 Å². The van der Waals surface area contributed by atoms with E-state index in [4.69, 9.17) is 0 Å². The van der Waals surface area contributed by atoms with Gasteiger partial charge in [-0.15, -0.1) is 5.10 Å². The molecule has 1 heterocycles. The molecule has 0 saturated carbocycles. The standard InChI is InChI=1S/C12H18.C9H15N3.2CH4/c1-9(2)11-5-7-12(8-6-11)10(3)4;1-6(2)8-5-10-9(7(3)4)12-11-8;;/h5-10H,1-4H3;5-7H,1-4H3;2*1H4. The number of hydrogen-bond donors (Lipinski definition) is 0. The van der Waals surface area contributed by atoms with E-state index in [9.17, 15) is 0 Å². The van der Waals surface area contributed by atoms with Crippen molar-refractivity contribution < 1.29 is 0 Å². The van der Waals surface area contributed by atoms with Crippen LogP contribution in [-0.4, -0.2) is 15.2 Å². The van der Waals surface area contributed by atoms with E-state index in [1.54, 1.807) is 0 Å². The Morgan fingerprint density at radius 3 is 1.23 bits per heavy atom. The highest BCUT2D eigenvalue weighted by Crippen LogP contribution is 2.19. The van der Waals surface area contributed by atoms with Crippen LogP contribution in [0.1, 0.15) is 117 Å². The Morgan fingerprint density at radius 2 is 1.00 bits per heavy atom. The predicted octanol–water partition coefficient (Wildman–Crippen LogP) is 7.32. The number of hydrogen-bond acceptors (Lipinski definition) is 3. The number of rotatable bonds is 4. The fourth-order valence-electron chi connectivity index (χ4n) is 2.09. The molecule has 0 fully saturated rings. The number of nitrogens with zero attached hydrogens (tertiary/aromatic N) is 3. The third-order valence-corrected chi connectivity index (χ3v) is 3.97. The lowest BCUT2D eigenvalue weighted by molar-refractivity contribution is 0.692. The van der Waals surface area contributed by atoms with Gasteiger partial charge in [0.2, 0.25) is 0 Å². The predicted molar refractivity (Wildman–Crippen MR) is 116 cm³/mol. The van der Waals surface area contributed by atoms with Crippen LogP contribution in [0.25, 0.3) is 0 Å². The maximum absolute atomic E-state index is 4.23. The van der Waals surface area contributed by atoms with E-state index in [0.29, 0.717) is 23.7 Å². The van der Waals surface area contributed by atoms with Crippen molar-refractivity contribution in [1.29, 1.82) is 0 Å². The molecule has 1 aromatic heterocycles. The Balaban J connectivity index is 0. The first-order valence-corrected chi connectivity index (χ1v) is 9.01. The van der Waals surface area contributed by atoms with E-state index in [-0.39, 0.29) is 14.9 Å². The molecule has 0 spiro atoms. The van der Waals surface area contributed by atoms with Crippen molar-refractivity contribution in [3.8, 4) is 0 Å². The molecule has 2 rings (SSSR count). The summed E-state index contributed by atoms with van der Waals surface area (Å²) >= 11 is 0. The van der Waals surface area contributed by atoms with Crippen LogP contribution in [0, 0.1) is 0 Å². The Bertz CT molecular complexity index is 472. The molecule has 0 radical (unpaired) electrons. The Morgan fingerprint density at radius 1 is 0.577 bits per heavy atom. The molecule has 2 aromatic rings. The highest BCUT2D eigenvalue weighted by molar-refractivity contribution is 5.26. The fourth-order valence-corrected chi connectivity index (χ4v) is 2.09. The summed E-state index contributed by atoms with van der Waals surface area (Å²) in [5.41, 5.74) is 3.82. The summed E-state index contributed by atoms with van der Waals surface area (Å²) in [4.78, 5) is 4.23. The van der Waals surface area contributed by atoms with Crippen molar-refractivity contribution >= 4 is 0 Å². The van der Waals surface area contributed by atoms with Gasteiger partial charge in [-0.2, -0.15) is 5.10 Å². The van der Waals surface area contributed by atoms with Gasteiger partial charge in [0, 0.05) is 5.92 Å². The first kappa shape index (κ1) is 26.5. The molecule has 0 amide bonds. The zero-order valence-corrected chi connectivity index (χ0v) is 16.5. The van der Waals surface area contributed by atoms with Crippen LogP contribution in [0.2, 0.25) is 0 Å². The quantitative estimate of drug-likeness (QED) is 0.574. The van der Waals surface area contributed by atoms with Crippen LogP contribution < -0.4 is 0 Å². The van der Waals surface area contributed by atoms with Crippen LogP contribution >= 0.6 is 0 Å². The highest BCUT2D eigenvalue weighted by Gasteiger charge is 2.05. The molecule has 148 valence electrons. The molecule has 1 aromatic carbocycles. The molecule has 0 bridgehead atoms.